The lowest BCUT2D eigenvalue weighted by Crippen LogP contribution is -2.51. The second-order valence-electron chi connectivity index (χ2n) is 8.24. The molecule has 1 saturated carbocycles. The van der Waals surface area contributed by atoms with E-state index >= 15 is 0 Å². The molecule has 2 amide bonds. The minimum absolute atomic E-state index is 0.0669. The molecule has 1 aromatic carbocycles. The van der Waals surface area contributed by atoms with Crippen LogP contribution in [-0.2, 0) is 4.79 Å². The first-order chi connectivity index (χ1) is 15.2. The number of piperazine rings is 1. The van der Waals surface area contributed by atoms with Gasteiger partial charge in [-0.2, -0.15) is 0 Å². The first kappa shape index (κ1) is 21.9. The van der Waals surface area contributed by atoms with Crippen LogP contribution < -0.4 is 5.32 Å². The molecule has 8 heteroatoms. The summed E-state index contributed by atoms with van der Waals surface area (Å²) in [5.41, 5.74) is 1.57. The van der Waals surface area contributed by atoms with Gasteiger partial charge in [-0.15, -0.1) is 0 Å². The third-order valence-electron chi connectivity index (χ3n) is 6.28. The molecule has 1 aromatic heterocycles. The number of benzene rings is 1. The smallest absolute Gasteiger partial charge is 0.251 e. The molecule has 2 fully saturated rings. The van der Waals surface area contributed by atoms with Gasteiger partial charge >= 0.3 is 0 Å². The Morgan fingerprint density at radius 3 is 2.68 bits per heavy atom. The van der Waals surface area contributed by atoms with Crippen LogP contribution in [0.3, 0.4) is 0 Å². The predicted molar refractivity (Wildman–Crippen MR) is 123 cm³/mol. The summed E-state index contributed by atoms with van der Waals surface area (Å²) in [6.45, 7) is 4.75. The van der Waals surface area contributed by atoms with Gasteiger partial charge in [-0.1, -0.05) is 30.7 Å². The van der Waals surface area contributed by atoms with Crippen molar-refractivity contribution in [1.82, 2.24) is 24.7 Å². The average molecular weight is 442 g/mol. The monoisotopic (exact) mass is 441 g/mol. The van der Waals surface area contributed by atoms with Crippen molar-refractivity contribution in [2.45, 2.75) is 30.8 Å². The third kappa shape index (κ3) is 5.30. The number of aromatic nitrogens is 2. The Kier molecular flexibility index (Phi) is 7.29. The molecular weight excluding hydrogens is 410 g/mol. The Balaban J connectivity index is 1.23. The molecule has 0 atom stereocenters. The van der Waals surface area contributed by atoms with Gasteiger partial charge in [0.1, 0.15) is 0 Å². The quantitative estimate of drug-likeness (QED) is 0.669. The lowest BCUT2D eigenvalue weighted by atomic mass is 10.1. The van der Waals surface area contributed by atoms with Crippen molar-refractivity contribution in [3.63, 3.8) is 0 Å². The molecule has 31 heavy (non-hydrogen) atoms. The van der Waals surface area contributed by atoms with Crippen molar-refractivity contribution >= 4 is 23.6 Å². The van der Waals surface area contributed by atoms with Gasteiger partial charge in [0, 0.05) is 68.8 Å². The zero-order chi connectivity index (χ0) is 21.6. The van der Waals surface area contributed by atoms with Crippen molar-refractivity contribution < 1.29 is 9.59 Å². The summed E-state index contributed by atoms with van der Waals surface area (Å²) >= 11 is 1.57. The summed E-state index contributed by atoms with van der Waals surface area (Å²) in [4.78, 5) is 33.9. The van der Waals surface area contributed by atoms with Gasteiger partial charge < -0.3 is 10.2 Å². The van der Waals surface area contributed by atoms with Gasteiger partial charge in [-0.05, 0) is 37.3 Å². The highest BCUT2D eigenvalue weighted by Gasteiger charge is 2.29. The van der Waals surface area contributed by atoms with Crippen LogP contribution in [0.25, 0.3) is 5.69 Å². The summed E-state index contributed by atoms with van der Waals surface area (Å²) < 4.78 is 1.98. The van der Waals surface area contributed by atoms with Crippen LogP contribution in [0.2, 0.25) is 0 Å². The third-order valence-corrected chi connectivity index (χ3v) is 6.95. The minimum atomic E-state index is -0.0669. The zero-order valence-corrected chi connectivity index (χ0v) is 18.9. The molecule has 1 N–H and O–H groups in total. The molecule has 2 aliphatic rings. The first-order valence-corrected chi connectivity index (χ1v) is 12.4. The summed E-state index contributed by atoms with van der Waals surface area (Å²) in [6, 6.07) is 7.60. The lowest BCUT2D eigenvalue weighted by Gasteiger charge is -2.36. The summed E-state index contributed by atoms with van der Waals surface area (Å²) in [5, 5.41) is 3.93. The number of rotatable bonds is 7. The number of hydrogen-bond donors (Lipinski definition) is 1. The number of nitrogens with zero attached hydrogens (tertiary/aromatic N) is 4. The van der Waals surface area contributed by atoms with Gasteiger partial charge in [-0.25, -0.2) is 4.98 Å². The van der Waals surface area contributed by atoms with E-state index in [-0.39, 0.29) is 11.8 Å². The van der Waals surface area contributed by atoms with Crippen molar-refractivity contribution in [3.8, 4) is 5.69 Å². The van der Waals surface area contributed by atoms with Crippen LogP contribution in [0.4, 0.5) is 0 Å². The molecule has 2 aromatic rings. The molecule has 7 nitrogen and oxygen atoms in total. The second kappa shape index (κ2) is 10.3. The van der Waals surface area contributed by atoms with E-state index in [1.807, 2.05) is 46.2 Å². The normalized spacial score (nSPS) is 17.8. The Hall–Kier alpha value is -2.32. The summed E-state index contributed by atoms with van der Waals surface area (Å²) in [6.07, 6.45) is 10.2. The molecule has 1 saturated heterocycles. The maximum atomic E-state index is 12.6. The van der Waals surface area contributed by atoms with E-state index in [9.17, 15) is 9.59 Å². The second-order valence-corrected chi connectivity index (χ2v) is 9.01. The lowest BCUT2D eigenvalue weighted by molar-refractivity contribution is -0.137. The Morgan fingerprint density at radius 2 is 1.94 bits per heavy atom. The highest BCUT2D eigenvalue weighted by Crippen LogP contribution is 2.27. The Labute approximate surface area is 188 Å². The fraction of sp³-hybridized carbons (Fsp3) is 0.522. The number of amides is 2. The van der Waals surface area contributed by atoms with E-state index in [1.165, 1.54) is 12.8 Å². The van der Waals surface area contributed by atoms with E-state index in [1.54, 1.807) is 18.0 Å². The highest BCUT2D eigenvalue weighted by atomic mass is 32.2. The topological polar surface area (TPSA) is 70.5 Å². The molecule has 1 aliphatic carbocycles. The maximum absolute atomic E-state index is 12.6. The SMILES string of the molecule is CSc1nccn1-c1cccc(C(=O)NCCN2CCN(C(=O)C3CCCC3)CC2)c1. The number of carbonyl (C=O) groups excluding carboxylic acids is 2. The van der Waals surface area contributed by atoms with Gasteiger partial charge in [-0.3, -0.25) is 19.1 Å². The molecule has 2 heterocycles. The fourth-order valence-electron chi connectivity index (χ4n) is 4.49. The van der Waals surface area contributed by atoms with Crippen LogP contribution in [0.15, 0.2) is 41.8 Å². The van der Waals surface area contributed by atoms with Gasteiger partial charge in [0.25, 0.3) is 5.91 Å². The fourth-order valence-corrected chi connectivity index (χ4v) is 5.02. The van der Waals surface area contributed by atoms with Gasteiger partial charge in [0.05, 0.1) is 0 Å². The van der Waals surface area contributed by atoms with Gasteiger partial charge in [0.2, 0.25) is 5.91 Å². The number of hydrogen-bond acceptors (Lipinski definition) is 5. The molecule has 0 radical (unpaired) electrons. The van der Waals surface area contributed by atoms with Crippen molar-refractivity contribution in [2.75, 3.05) is 45.5 Å². The van der Waals surface area contributed by atoms with Crippen LogP contribution in [-0.4, -0.2) is 76.7 Å². The number of thioether (sulfide) groups is 1. The molecule has 0 unspecified atom stereocenters. The molecule has 1 aliphatic heterocycles. The number of carbonyl (C=O) groups is 2. The van der Waals surface area contributed by atoms with Crippen LogP contribution in [0, 0.1) is 5.92 Å². The van der Waals surface area contributed by atoms with E-state index in [4.69, 9.17) is 0 Å². The first-order valence-electron chi connectivity index (χ1n) is 11.1. The van der Waals surface area contributed by atoms with Crippen LogP contribution >= 0.6 is 11.8 Å². The van der Waals surface area contributed by atoms with Crippen LogP contribution in [0.1, 0.15) is 36.0 Å². The Morgan fingerprint density at radius 1 is 1.16 bits per heavy atom. The van der Waals surface area contributed by atoms with E-state index in [0.29, 0.717) is 18.0 Å². The van der Waals surface area contributed by atoms with Crippen LogP contribution in [0.5, 0.6) is 0 Å². The van der Waals surface area contributed by atoms with Crippen molar-refractivity contribution in [3.05, 3.63) is 42.2 Å². The number of imidazole rings is 1. The molecule has 4 rings (SSSR count). The summed E-state index contributed by atoms with van der Waals surface area (Å²) in [5.74, 6) is 0.548. The van der Waals surface area contributed by atoms with E-state index in [2.05, 4.69) is 15.2 Å². The Bertz CT molecular complexity index is 901. The average Bonchev–Trinajstić information content (AvgIpc) is 3.51. The summed E-state index contributed by atoms with van der Waals surface area (Å²) in [7, 11) is 0. The molecule has 0 bridgehead atoms. The van der Waals surface area contributed by atoms with E-state index in [0.717, 1.165) is 56.4 Å². The largest absolute Gasteiger partial charge is 0.351 e. The minimum Gasteiger partial charge on any atom is -0.351 e. The molecular formula is C23H31N5O2S. The number of nitrogens with one attached hydrogen (secondary N) is 1. The van der Waals surface area contributed by atoms with Gasteiger partial charge in [0.15, 0.2) is 5.16 Å². The molecule has 0 spiro atoms. The van der Waals surface area contributed by atoms with E-state index < -0.39 is 0 Å². The zero-order valence-electron chi connectivity index (χ0n) is 18.1. The highest BCUT2D eigenvalue weighted by molar-refractivity contribution is 7.98. The predicted octanol–water partition coefficient (Wildman–Crippen LogP) is 2.66. The molecule has 166 valence electrons. The van der Waals surface area contributed by atoms with Crippen molar-refractivity contribution in [2.24, 2.45) is 5.92 Å². The standard InChI is InChI=1S/C23H31N5O2S/c1-31-23-25-10-12-28(23)20-8-4-7-19(17-20)21(29)24-9-11-26-13-15-27(16-14-26)22(30)18-5-2-3-6-18/h4,7-8,10,12,17-18H,2-3,5-6,9,11,13-16H2,1H3,(H,24,29). The maximum Gasteiger partial charge on any atom is 0.251 e. The van der Waals surface area contributed by atoms with Crippen molar-refractivity contribution in [1.29, 1.82) is 0 Å².